The number of ether oxygens (including phenoxy) is 1. The molecule has 3 rings (SSSR count). The number of halogens is 2. The summed E-state index contributed by atoms with van der Waals surface area (Å²) in [4.78, 5) is 12.7. The van der Waals surface area contributed by atoms with Crippen molar-refractivity contribution in [3.05, 3.63) is 65.7 Å². The maximum absolute atomic E-state index is 12.7. The van der Waals surface area contributed by atoms with E-state index < -0.39 is 6.61 Å². The minimum atomic E-state index is -2.85. The molecular formula is C21H23F2NO2. The van der Waals surface area contributed by atoms with Gasteiger partial charge < -0.3 is 10.1 Å². The van der Waals surface area contributed by atoms with Gasteiger partial charge in [-0.3, -0.25) is 4.79 Å². The molecule has 1 N–H and O–H groups in total. The summed E-state index contributed by atoms with van der Waals surface area (Å²) in [5.41, 5.74) is 1.79. The van der Waals surface area contributed by atoms with Gasteiger partial charge in [0.25, 0.3) is 0 Å². The fraction of sp³-hybridized carbons (Fsp3) is 0.381. The lowest BCUT2D eigenvalue weighted by Gasteiger charge is -2.25. The summed E-state index contributed by atoms with van der Waals surface area (Å²) in [7, 11) is 0. The Labute approximate surface area is 152 Å². The second-order valence-electron chi connectivity index (χ2n) is 6.63. The van der Waals surface area contributed by atoms with E-state index in [4.69, 9.17) is 0 Å². The Balaban J connectivity index is 1.80. The number of carbonyl (C=O) groups excluding carboxylic acids is 1. The van der Waals surface area contributed by atoms with Crippen LogP contribution in [0.2, 0.25) is 0 Å². The molecule has 1 unspecified atom stereocenters. The van der Waals surface area contributed by atoms with Crippen LogP contribution in [0.5, 0.6) is 5.75 Å². The van der Waals surface area contributed by atoms with Crippen molar-refractivity contribution >= 4 is 5.91 Å². The fourth-order valence-corrected chi connectivity index (χ4v) is 3.47. The second kappa shape index (κ2) is 8.79. The molecule has 0 aliphatic heterocycles. The highest BCUT2D eigenvalue weighted by Gasteiger charge is 2.25. The van der Waals surface area contributed by atoms with Crippen LogP contribution in [0.15, 0.2) is 54.6 Å². The van der Waals surface area contributed by atoms with E-state index in [0.717, 1.165) is 36.8 Å². The number of hydrogen-bond acceptors (Lipinski definition) is 2. The van der Waals surface area contributed by atoms with Crippen LogP contribution in [0.1, 0.15) is 49.3 Å². The highest BCUT2D eigenvalue weighted by atomic mass is 19.3. The van der Waals surface area contributed by atoms with Crippen LogP contribution < -0.4 is 10.1 Å². The monoisotopic (exact) mass is 359 g/mol. The molecule has 1 amide bonds. The molecule has 0 heterocycles. The van der Waals surface area contributed by atoms with E-state index in [-0.39, 0.29) is 23.6 Å². The molecule has 2 aromatic rings. The number of amides is 1. The maximum Gasteiger partial charge on any atom is 0.387 e. The maximum atomic E-state index is 12.7. The average Bonchev–Trinajstić information content (AvgIpc) is 2.67. The fourth-order valence-electron chi connectivity index (χ4n) is 3.47. The van der Waals surface area contributed by atoms with Crippen LogP contribution in [0.3, 0.4) is 0 Å². The SMILES string of the molecule is O=C(NC(c1ccccc1)c1ccc(OC(F)F)cc1)C1CCCCC1. The van der Waals surface area contributed by atoms with E-state index in [9.17, 15) is 13.6 Å². The summed E-state index contributed by atoms with van der Waals surface area (Å²) in [5.74, 6) is 0.219. The van der Waals surface area contributed by atoms with Crippen molar-refractivity contribution in [2.45, 2.75) is 44.8 Å². The van der Waals surface area contributed by atoms with Crippen LogP contribution in [0, 0.1) is 5.92 Å². The summed E-state index contributed by atoms with van der Waals surface area (Å²) in [5, 5.41) is 3.15. The zero-order chi connectivity index (χ0) is 18.4. The third kappa shape index (κ3) is 4.81. The number of nitrogens with one attached hydrogen (secondary N) is 1. The zero-order valence-electron chi connectivity index (χ0n) is 14.5. The zero-order valence-corrected chi connectivity index (χ0v) is 14.5. The summed E-state index contributed by atoms with van der Waals surface area (Å²) >= 11 is 0. The molecule has 0 aromatic heterocycles. The predicted molar refractivity (Wildman–Crippen MR) is 96.1 cm³/mol. The normalized spacial score (nSPS) is 16.3. The van der Waals surface area contributed by atoms with Crippen molar-refractivity contribution < 1.29 is 18.3 Å². The lowest BCUT2D eigenvalue weighted by molar-refractivity contribution is -0.126. The lowest BCUT2D eigenvalue weighted by atomic mass is 9.88. The Morgan fingerprint density at radius 2 is 1.54 bits per heavy atom. The topological polar surface area (TPSA) is 38.3 Å². The predicted octanol–water partition coefficient (Wildman–Crippen LogP) is 5.07. The Morgan fingerprint density at radius 3 is 2.15 bits per heavy atom. The molecule has 0 saturated heterocycles. The average molecular weight is 359 g/mol. The second-order valence-corrected chi connectivity index (χ2v) is 6.63. The first-order valence-corrected chi connectivity index (χ1v) is 9.03. The molecule has 1 aliphatic rings. The Bertz CT molecular complexity index is 698. The van der Waals surface area contributed by atoms with Gasteiger partial charge in [-0.25, -0.2) is 0 Å². The van der Waals surface area contributed by atoms with Crippen LogP contribution >= 0.6 is 0 Å². The highest BCUT2D eigenvalue weighted by molar-refractivity contribution is 5.79. The van der Waals surface area contributed by atoms with Crippen LogP contribution in [0.25, 0.3) is 0 Å². The smallest absolute Gasteiger partial charge is 0.387 e. The minimum Gasteiger partial charge on any atom is -0.435 e. The molecule has 1 aliphatic carbocycles. The van der Waals surface area contributed by atoms with Crippen molar-refractivity contribution in [2.24, 2.45) is 5.92 Å². The first-order chi connectivity index (χ1) is 12.6. The third-order valence-electron chi connectivity index (χ3n) is 4.83. The summed E-state index contributed by atoms with van der Waals surface area (Å²) < 4.78 is 29.1. The minimum absolute atomic E-state index is 0.0522. The van der Waals surface area contributed by atoms with Gasteiger partial charge in [-0.1, -0.05) is 61.7 Å². The quantitative estimate of drug-likeness (QED) is 0.782. The van der Waals surface area contributed by atoms with Gasteiger partial charge in [-0.05, 0) is 36.1 Å². The van der Waals surface area contributed by atoms with Crippen molar-refractivity contribution in [1.29, 1.82) is 0 Å². The Kier molecular flexibility index (Phi) is 6.21. The molecule has 1 saturated carbocycles. The van der Waals surface area contributed by atoms with Gasteiger partial charge >= 0.3 is 6.61 Å². The summed E-state index contributed by atoms with van der Waals surface area (Å²) in [6.07, 6.45) is 5.22. The number of hydrogen-bond donors (Lipinski definition) is 1. The summed E-state index contributed by atoms with van der Waals surface area (Å²) in [6, 6.07) is 15.8. The largest absolute Gasteiger partial charge is 0.435 e. The Morgan fingerprint density at radius 1 is 0.923 bits per heavy atom. The molecular weight excluding hydrogens is 336 g/mol. The highest BCUT2D eigenvalue weighted by Crippen LogP contribution is 2.28. The summed E-state index contributed by atoms with van der Waals surface area (Å²) in [6.45, 7) is -2.85. The van der Waals surface area contributed by atoms with E-state index in [1.165, 1.54) is 18.6 Å². The molecule has 2 aromatic carbocycles. The van der Waals surface area contributed by atoms with Gasteiger partial charge in [0, 0.05) is 5.92 Å². The van der Waals surface area contributed by atoms with E-state index in [0.29, 0.717) is 0 Å². The van der Waals surface area contributed by atoms with Gasteiger partial charge in [-0.15, -0.1) is 0 Å². The third-order valence-corrected chi connectivity index (χ3v) is 4.83. The molecule has 0 bridgehead atoms. The molecule has 1 atom stereocenters. The van der Waals surface area contributed by atoms with Gasteiger partial charge in [0.2, 0.25) is 5.91 Å². The van der Waals surface area contributed by atoms with Crippen LogP contribution in [-0.2, 0) is 4.79 Å². The number of benzene rings is 2. The van der Waals surface area contributed by atoms with Crippen molar-refractivity contribution in [1.82, 2.24) is 5.32 Å². The number of rotatable bonds is 6. The standard InChI is InChI=1S/C21H23F2NO2/c22-21(23)26-18-13-11-16(12-14-18)19(15-7-3-1-4-8-15)24-20(25)17-9-5-2-6-10-17/h1,3-4,7-8,11-14,17,19,21H,2,5-6,9-10H2,(H,24,25). The molecule has 138 valence electrons. The lowest BCUT2D eigenvalue weighted by Crippen LogP contribution is -2.35. The number of carbonyl (C=O) groups is 1. The van der Waals surface area contributed by atoms with Crippen molar-refractivity contribution in [3.63, 3.8) is 0 Å². The molecule has 3 nitrogen and oxygen atoms in total. The van der Waals surface area contributed by atoms with E-state index in [1.807, 2.05) is 30.3 Å². The number of alkyl halides is 2. The van der Waals surface area contributed by atoms with E-state index in [2.05, 4.69) is 10.1 Å². The molecule has 0 radical (unpaired) electrons. The van der Waals surface area contributed by atoms with Gasteiger partial charge in [-0.2, -0.15) is 8.78 Å². The molecule has 26 heavy (non-hydrogen) atoms. The van der Waals surface area contributed by atoms with E-state index >= 15 is 0 Å². The van der Waals surface area contributed by atoms with Gasteiger partial charge in [0.15, 0.2) is 0 Å². The van der Waals surface area contributed by atoms with Crippen molar-refractivity contribution in [3.8, 4) is 5.75 Å². The molecule has 5 heteroatoms. The molecule has 0 spiro atoms. The van der Waals surface area contributed by atoms with Crippen LogP contribution in [-0.4, -0.2) is 12.5 Å². The van der Waals surface area contributed by atoms with Gasteiger partial charge in [0.05, 0.1) is 6.04 Å². The van der Waals surface area contributed by atoms with Crippen LogP contribution in [0.4, 0.5) is 8.78 Å². The first kappa shape index (κ1) is 18.4. The molecule has 1 fully saturated rings. The Hall–Kier alpha value is -2.43. The van der Waals surface area contributed by atoms with Crippen molar-refractivity contribution in [2.75, 3.05) is 0 Å². The van der Waals surface area contributed by atoms with Gasteiger partial charge in [0.1, 0.15) is 5.75 Å². The first-order valence-electron chi connectivity index (χ1n) is 9.03. The van der Waals surface area contributed by atoms with E-state index in [1.54, 1.807) is 12.1 Å².